The van der Waals surface area contributed by atoms with E-state index in [0.717, 1.165) is 5.56 Å². The zero-order valence-electron chi connectivity index (χ0n) is 9.30. The number of hydrogen-bond acceptors (Lipinski definition) is 3. The number of carboxylic acid groups (broad SMARTS) is 1. The molecule has 2 rings (SSSR count). The van der Waals surface area contributed by atoms with Gasteiger partial charge in [-0.05, 0) is 12.5 Å². The average molecular weight is 229 g/mol. The van der Waals surface area contributed by atoms with E-state index in [1.807, 2.05) is 30.3 Å². The highest BCUT2D eigenvalue weighted by Gasteiger charge is 2.19. The molecule has 0 radical (unpaired) electrons. The van der Waals surface area contributed by atoms with Crippen molar-refractivity contribution in [2.24, 2.45) is 0 Å². The predicted octanol–water partition coefficient (Wildman–Crippen LogP) is 3.07. The van der Waals surface area contributed by atoms with Crippen LogP contribution < -0.4 is 0 Å². The molecule has 2 aromatic rings. The fourth-order valence-corrected chi connectivity index (χ4v) is 1.49. The molecule has 1 aromatic heterocycles. The van der Waals surface area contributed by atoms with Crippen molar-refractivity contribution in [3.63, 3.8) is 0 Å². The van der Waals surface area contributed by atoms with Gasteiger partial charge in [-0.1, -0.05) is 36.9 Å². The van der Waals surface area contributed by atoms with Crippen LogP contribution in [0.2, 0.25) is 0 Å². The van der Waals surface area contributed by atoms with Crippen molar-refractivity contribution in [2.45, 2.75) is 6.92 Å². The first kappa shape index (κ1) is 11.1. The Morgan fingerprint density at radius 3 is 2.53 bits per heavy atom. The molecular formula is C13H11NO3. The Kier molecular flexibility index (Phi) is 2.78. The summed E-state index contributed by atoms with van der Waals surface area (Å²) >= 11 is 0. The molecular weight excluding hydrogens is 218 g/mol. The molecule has 0 aliphatic carbocycles. The Balaban J connectivity index is 2.60. The molecule has 0 spiro atoms. The maximum absolute atomic E-state index is 10.8. The number of nitrogens with zero attached hydrogens (tertiary/aromatic N) is 1. The number of benzene rings is 1. The van der Waals surface area contributed by atoms with Crippen LogP contribution in [0.25, 0.3) is 16.9 Å². The molecule has 0 saturated heterocycles. The Labute approximate surface area is 98.2 Å². The van der Waals surface area contributed by atoms with Gasteiger partial charge in [-0.3, -0.25) is 0 Å². The van der Waals surface area contributed by atoms with E-state index in [1.54, 1.807) is 6.92 Å². The van der Waals surface area contributed by atoms with E-state index in [9.17, 15) is 4.79 Å². The lowest BCUT2D eigenvalue weighted by Gasteiger charge is -1.99. The van der Waals surface area contributed by atoms with Crippen LogP contribution in [0.15, 0.2) is 41.3 Å². The summed E-state index contributed by atoms with van der Waals surface area (Å²) in [6.07, 6.45) is 0. The second-order valence-corrected chi connectivity index (χ2v) is 3.65. The van der Waals surface area contributed by atoms with Gasteiger partial charge in [0.1, 0.15) is 5.69 Å². The second kappa shape index (κ2) is 4.25. The number of oxazole rings is 1. The van der Waals surface area contributed by atoms with Crippen LogP contribution in [0.5, 0.6) is 0 Å². The van der Waals surface area contributed by atoms with Crippen LogP contribution >= 0.6 is 0 Å². The van der Waals surface area contributed by atoms with Crippen molar-refractivity contribution < 1.29 is 14.3 Å². The van der Waals surface area contributed by atoms with Crippen molar-refractivity contribution in [1.29, 1.82) is 0 Å². The highest BCUT2D eigenvalue weighted by Crippen LogP contribution is 2.28. The van der Waals surface area contributed by atoms with Gasteiger partial charge in [-0.15, -0.1) is 0 Å². The minimum absolute atomic E-state index is 0.318. The minimum atomic E-state index is -1.19. The number of aromatic nitrogens is 1. The van der Waals surface area contributed by atoms with E-state index in [4.69, 9.17) is 9.52 Å². The summed E-state index contributed by atoms with van der Waals surface area (Å²) in [5, 5.41) is 8.87. The second-order valence-electron chi connectivity index (χ2n) is 3.65. The van der Waals surface area contributed by atoms with Gasteiger partial charge in [-0.2, -0.15) is 0 Å². The average Bonchev–Trinajstić information content (AvgIpc) is 2.75. The zero-order valence-corrected chi connectivity index (χ0v) is 9.30. The molecule has 0 unspecified atom stereocenters. The molecule has 0 saturated carbocycles. The molecule has 1 heterocycles. The van der Waals surface area contributed by atoms with Crippen LogP contribution in [-0.2, 0) is 0 Å². The van der Waals surface area contributed by atoms with E-state index >= 15 is 0 Å². The summed E-state index contributed by atoms with van der Waals surface area (Å²) in [5.74, 6) is -1.06. The monoisotopic (exact) mass is 229 g/mol. The van der Waals surface area contributed by atoms with E-state index < -0.39 is 5.97 Å². The number of hydrogen-bond donors (Lipinski definition) is 1. The molecule has 0 aliphatic rings. The summed E-state index contributed by atoms with van der Waals surface area (Å²) < 4.78 is 5.25. The number of aromatic carboxylic acids is 1. The van der Waals surface area contributed by atoms with Gasteiger partial charge >= 0.3 is 11.9 Å². The predicted molar refractivity (Wildman–Crippen MR) is 63.6 cm³/mol. The van der Waals surface area contributed by atoms with Gasteiger partial charge in [0.25, 0.3) is 0 Å². The first-order valence-electron chi connectivity index (χ1n) is 5.05. The highest BCUT2D eigenvalue weighted by molar-refractivity contribution is 5.85. The summed E-state index contributed by atoms with van der Waals surface area (Å²) in [4.78, 5) is 14.8. The molecule has 0 fully saturated rings. The van der Waals surface area contributed by atoms with E-state index in [0.29, 0.717) is 17.0 Å². The Morgan fingerprint density at radius 1 is 1.35 bits per heavy atom. The van der Waals surface area contributed by atoms with Crippen molar-refractivity contribution in [1.82, 2.24) is 4.98 Å². The third kappa shape index (κ3) is 2.10. The van der Waals surface area contributed by atoms with E-state index in [2.05, 4.69) is 11.6 Å². The maximum Gasteiger partial charge on any atom is 0.392 e. The quantitative estimate of drug-likeness (QED) is 0.878. The molecule has 0 bridgehead atoms. The number of rotatable bonds is 3. The van der Waals surface area contributed by atoms with Crippen LogP contribution in [0, 0.1) is 0 Å². The molecule has 1 N–H and O–H groups in total. The lowest BCUT2D eigenvalue weighted by atomic mass is 10.1. The van der Waals surface area contributed by atoms with Crippen molar-refractivity contribution in [2.75, 3.05) is 0 Å². The molecule has 0 amide bonds. The molecule has 4 nitrogen and oxygen atoms in total. The van der Waals surface area contributed by atoms with Gasteiger partial charge in [0, 0.05) is 5.56 Å². The van der Waals surface area contributed by atoms with Gasteiger partial charge in [-0.25, -0.2) is 9.78 Å². The standard InChI is InChI=1S/C13H11NO3/c1-8(2)10-11(9-6-4-3-5-7-9)17-12(14-10)13(15)16/h3-7H,1H2,2H3,(H,15,16). The normalized spacial score (nSPS) is 10.2. The molecule has 0 aliphatic heterocycles. The van der Waals surface area contributed by atoms with Crippen molar-refractivity contribution in [3.05, 3.63) is 48.5 Å². The molecule has 1 aromatic carbocycles. The minimum Gasteiger partial charge on any atom is -0.474 e. The van der Waals surface area contributed by atoms with E-state index in [-0.39, 0.29) is 5.89 Å². The lowest BCUT2D eigenvalue weighted by Crippen LogP contribution is -1.95. The summed E-state index contributed by atoms with van der Waals surface area (Å²) in [7, 11) is 0. The van der Waals surface area contributed by atoms with Gasteiger partial charge < -0.3 is 9.52 Å². The topological polar surface area (TPSA) is 63.3 Å². The summed E-state index contributed by atoms with van der Waals surface area (Å²) in [5.41, 5.74) is 1.93. The first-order valence-corrected chi connectivity index (χ1v) is 5.05. The van der Waals surface area contributed by atoms with Crippen LogP contribution in [0.4, 0.5) is 0 Å². The Bertz CT molecular complexity index is 570. The number of carbonyl (C=O) groups is 1. The van der Waals surface area contributed by atoms with Crippen LogP contribution in [-0.4, -0.2) is 16.1 Å². The van der Waals surface area contributed by atoms with Gasteiger partial charge in [0.2, 0.25) is 0 Å². The molecule has 86 valence electrons. The fraction of sp³-hybridized carbons (Fsp3) is 0.0769. The number of allylic oxidation sites excluding steroid dienone is 1. The van der Waals surface area contributed by atoms with Crippen LogP contribution in [0.1, 0.15) is 23.3 Å². The summed E-state index contributed by atoms with van der Waals surface area (Å²) in [6, 6.07) is 9.23. The third-order valence-electron chi connectivity index (χ3n) is 2.25. The van der Waals surface area contributed by atoms with Crippen molar-refractivity contribution in [3.8, 4) is 11.3 Å². The molecule has 17 heavy (non-hydrogen) atoms. The lowest BCUT2D eigenvalue weighted by molar-refractivity contribution is 0.0654. The maximum atomic E-state index is 10.8. The fourth-order valence-electron chi connectivity index (χ4n) is 1.49. The smallest absolute Gasteiger partial charge is 0.392 e. The molecule has 4 heteroatoms. The Morgan fingerprint density at radius 2 is 2.00 bits per heavy atom. The van der Waals surface area contributed by atoms with E-state index in [1.165, 1.54) is 0 Å². The Hall–Kier alpha value is -2.36. The highest BCUT2D eigenvalue weighted by atomic mass is 16.4. The third-order valence-corrected chi connectivity index (χ3v) is 2.25. The number of carboxylic acids is 1. The SMILES string of the molecule is C=C(C)c1nc(C(=O)O)oc1-c1ccccc1. The van der Waals surface area contributed by atoms with Crippen LogP contribution in [0.3, 0.4) is 0 Å². The van der Waals surface area contributed by atoms with Gasteiger partial charge in [0.15, 0.2) is 5.76 Å². The summed E-state index contributed by atoms with van der Waals surface area (Å²) in [6.45, 7) is 5.53. The molecule has 0 atom stereocenters. The largest absolute Gasteiger partial charge is 0.474 e. The zero-order chi connectivity index (χ0) is 12.4. The van der Waals surface area contributed by atoms with Crippen molar-refractivity contribution >= 4 is 11.5 Å². The van der Waals surface area contributed by atoms with Gasteiger partial charge in [0.05, 0.1) is 0 Å². The first-order chi connectivity index (χ1) is 8.09.